The number of hydrogen-bond donors (Lipinski definition) is 0. The molecule has 96 valence electrons. The molecular weight excluding hydrogens is 254 g/mol. The van der Waals surface area contributed by atoms with Crippen LogP contribution >= 0.6 is 11.8 Å². The highest BCUT2D eigenvalue weighted by atomic mass is 32.2. The van der Waals surface area contributed by atoms with E-state index in [4.69, 9.17) is 9.47 Å². The van der Waals surface area contributed by atoms with Gasteiger partial charge in [-0.2, -0.15) is 0 Å². The largest absolute Gasteiger partial charge is 0.454 e. The molecule has 1 aliphatic heterocycles. The lowest BCUT2D eigenvalue weighted by atomic mass is 10.1. The second-order valence-electron chi connectivity index (χ2n) is 3.74. The second kappa shape index (κ2) is 5.77. The van der Waals surface area contributed by atoms with Crippen LogP contribution in [0.2, 0.25) is 0 Å². The molecule has 18 heavy (non-hydrogen) atoms. The summed E-state index contributed by atoms with van der Waals surface area (Å²) in [4.78, 5) is 10.4. The Bertz CT molecular complexity index is 463. The third-order valence-corrected chi connectivity index (χ3v) is 3.75. The number of ether oxygens (including phenoxy) is 2. The summed E-state index contributed by atoms with van der Waals surface area (Å²) in [6.07, 6.45) is 1.74. The van der Waals surface area contributed by atoms with Gasteiger partial charge in [-0.25, -0.2) is 0 Å². The van der Waals surface area contributed by atoms with Crippen LogP contribution in [0.3, 0.4) is 0 Å². The van der Waals surface area contributed by atoms with Crippen LogP contribution in [0.5, 0.6) is 11.5 Å². The molecule has 0 saturated heterocycles. The van der Waals surface area contributed by atoms with Crippen molar-refractivity contribution < 1.29 is 14.4 Å². The second-order valence-corrected chi connectivity index (χ2v) is 4.97. The van der Waals surface area contributed by atoms with Gasteiger partial charge in [-0.15, -0.1) is 18.3 Å². The number of thioether (sulfide) groups is 1. The van der Waals surface area contributed by atoms with Gasteiger partial charge in [0.25, 0.3) is 0 Å². The van der Waals surface area contributed by atoms with Crippen molar-refractivity contribution in [2.24, 2.45) is 0 Å². The summed E-state index contributed by atoms with van der Waals surface area (Å²) in [5.41, 5.74) is 0.878. The van der Waals surface area contributed by atoms with Gasteiger partial charge in [0.2, 0.25) is 13.3 Å². The van der Waals surface area contributed by atoms with Gasteiger partial charge < -0.3 is 9.47 Å². The van der Waals surface area contributed by atoms with Gasteiger partial charge in [0.15, 0.2) is 11.5 Å². The summed E-state index contributed by atoms with van der Waals surface area (Å²) in [6, 6.07) is 5.45. The Morgan fingerprint density at radius 3 is 3.00 bits per heavy atom. The third kappa shape index (κ3) is 2.95. The van der Waals surface area contributed by atoms with Crippen molar-refractivity contribution in [2.75, 3.05) is 19.1 Å². The molecule has 1 aromatic rings. The Morgan fingerprint density at radius 1 is 1.50 bits per heavy atom. The first-order valence-electron chi connectivity index (χ1n) is 5.44. The molecule has 1 atom stereocenters. The fourth-order valence-corrected chi connectivity index (χ4v) is 2.62. The number of hydrogen-bond acceptors (Lipinski definition) is 5. The van der Waals surface area contributed by atoms with E-state index in [0.29, 0.717) is 17.3 Å². The van der Waals surface area contributed by atoms with E-state index >= 15 is 0 Å². The quantitative estimate of drug-likeness (QED) is 0.450. The van der Waals surface area contributed by atoms with Crippen molar-refractivity contribution in [1.29, 1.82) is 0 Å². The molecule has 0 amide bonds. The van der Waals surface area contributed by atoms with Crippen LogP contribution in [-0.2, 0) is 0 Å². The molecule has 0 saturated carbocycles. The average Bonchev–Trinajstić information content (AvgIpc) is 2.81. The van der Waals surface area contributed by atoms with Crippen molar-refractivity contribution in [3.63, 3.8) is 0 Å². The molecule has 0 fully saturated rings. The lowest BCUT2D eigenvalue weighted by Gasteiger charge is -2.12. The van der Waals surface area contributed by atoms with Crippen LogP contribution in [0.25, 0.3) is 0 Å². The minimum atomic E-state index is -0.300. The van der Waals surface area contributed by atoms with E-state index in [0.717, 1.165) is 5.56 Å². The van der Waals surface area contributed by atoms with Crippen LogP contribution in [0, 0.1) is 10.1 Å². The normalized spacial score (nSPS) is 14.2. The van der Waals surface area contributed by atoms with Crippen LogP contribution in [0.15, 0.2) is 30.9 Å². The molecule has 1 aliphatic rings. The van der Waals surface area contributed by atoms with E-state index in [1.165, 1.54) is 11.8 Å². The third-order valence-electron chi connectivity index (χ3n) is 2.50. The first kappa shape index (κ1) is 12.8. The Kier molecular flexibility index (Phi) is 4.09. The maximum Gasteiger partial charge on any atom is 0.231 e. The molecule has 2 rings (SSSR count). The van der Waals surface area contributed by atoms with Gasteiger partial charge in [-0.3, -0.25) is 10.1 Å². The van der Waals surface area contributed by atoms with Crippen molar-refractivity contribution in [2.45, 2.75) is 5.25 Å². The first-order valence-corrected chi connectivity index (χ1v) is 6.49. The molecule has 1 unspecified atom stereocenters. The summed E-state index contributed by atoms with van der Waals surface area (Å²) >= 11 is 1.49. The monoisotopic (exact) mass is 267 g/mol. The number of nitro groups is 1. The van der Waals surface area contributed by atoms with Gasteiger partial charge in [-0.1, -0.05) is 12.1 Å². The van der Waals surface area contributed by atoms with Gasteiger partial charge in [-0.05, 0) is 17.7 Å². The van der Waals surface area contributed by atoms with E-state index in [1.807, 2.05) is 12.1 Å². The molecule has 1 aromatic carbocycles. The number of nitrogens with zero attached hydrogens (tertiary/aromatic N) is 1. The average molecular weight is 267 g/mol. The molecule has 5 nitrogen and oxygen atoms in total. The molecule has 0 bridgehead atoms. The fourth-order valence-electron chi connectivity index (χ4n) is 1.69. The standard InChI is InChI=1S/C12H13NO4S/c1-2-5-18-12(7-13(14)15)9-3-4-10-11(6-9)17-8-16-10/h2-4,6,12H,1,5,7-8H2. The molecular formula is C12H13NO4S. The molecule has 1 heterocycles. The lowest BCUT2D eigenvalue weighted by Crippen LogP contribution is -2.10. The number of benzene rings is 1. The van der Waals surface area contributed by atoms with Gasteiger partial charge in [0.05, 0.1) is 5.25 Å². The highest BCUT2D eigenvalue weighted by molar-refractivity contribution is 7.99. The van der Waals surface area contributed by atoms with Crippen molar-refractivity contribution in [3.05, 3.63) is 46.5 Å². The molecule has 0 spiro atoms. The topological polar surface area (TPSA) is 61.6 Å². The lowest BCUT2D eigenvalue weighted by molar-refractivity contribution is -0.479. The smallest absolute Gasteiger partial charge is 0.231 e. The Hall–Kier alpha value is -1.69. The number of fused-ring (bicyclic) bond motifs is 1. The summed E-state index contributed by atoms with van der Waals surface area (Å²) < 4.78 is 10.5. The van der Waals surface area contributed by atoms with E-state index in [-0.39, 0.29) is 23.5 Å². The van der Waals surface area contributed by atoms with Crippen LogP contribution < -0.4 is 9.47 Å². The van der Waals surface area contributed by atoms with Crippen molar-refractivity contribution in [1.82, 2.24) is 0 Å². The Balaban J connectivity index is 2.18. The minimum absolute atomic E-state index is 0.113. The zero-order chi connectivity index (χ0) is 13.0. The predicted octanol–water partition coefficient (Wildman–Crippen LogP) is 2.65. The molecule has 6 heteroatoms. The van der Waals surface area contributed by atoms with Crippen LogP contribution in [-0.4, -0.2) is 24.0 Å². The fraction of sp³-hybridized carbons (Fsp3) is 0.333. The Morgan fingerprint density at radius 2 is 2.28 bits per heavy atom. The predicted molar refractivity (Wildman–Crippen MR) is 69.8 cm³/mol. The van der Waals surface area contributed by atoms with Gasteiger partial charge in [0.1, 0.15) is 0 Å². The highest BCUT2D eigenvalue weighted by Crippen LogP contribution is 2.37. The maximum atomic E-state index is 10.7. The van der Waals surface area contributed by atoms with Gasteiger partial charge >= 0.3 is 0 Å². The number of rotatable bonds is 6. The SMILES string of the molecule is C=CCSC(C[N+](=O)[O-])c1ccc2c(c1)OCO2. The van der Waals surface area contributed by atoms with E-state index in [2.05, 4.69) is 6.58 Å². The van der Waals surface area contributed by atoms with Crippen LogP contribution in [0.4, 0.5) is 0 Å². The Labute approximate surface area is 109 Å². The van der Waals surface area contributed by atoms with E-state index in [1.54, 1.807) is 12.1 Å². The minimum Gasteiger partial charge on any atom is -0.454 e. The van der Waals surface area contributed by atoms with Crippen LogP contribution in [0.1, 0.15) is 10.8 Å². The van der Waals surface area contributed by atoms with Crippen molar-refractivity contribution in [3.8, 4) is 11.5 Å². The summed E-state index contributed by atoms with van der Waals surface area (Å²) in [7, 11) is 0. The van der Waals surface area contributed by atoms with E-state index < -0.39 is 0 Å². The summed E-state index contributed by atoms with van der Waals surface area (Å²) in [6.45, 7) is 3.72. The summed E-state index contributed by atoms with van der Waals surface area (Å²) in [5, 5.41) is 10.5. The van der Waals surface area contributed by atoms with E-state index in [9.17, 15) is 10.1 Å². The van der Waals surface area contributed by atoms with Crippen molar-refractivity contribution >= 4 is 11.8 Å². The summed E-state index contributed by atoms with van der Waals surface area (Å²) in [5.74, 6) is 2.01. The maximum absolute atomic E-state index is 10.7. The molecule has 0 aliphatic carbocycles. The molecule has 0 aromatic heterocycles. The van der Waals surface area contributed by atoms with Gasteiger partial charge in [0, 0.05) is 10.7 Å². The molecule has 0 radical (unpaired) electrons. The highest BCUT2D eigenvalue weighted by Gasteiger charge is 2.21. The zero-order valence-electron chi connectivity index (χ0n) is 9.70. The molecule has 0 N–H and O–H groups in total. The zero-order valence-corrected chi connectivity index (χ0v) is 10.5. The first-order chi connectivity index (χ1) is 8.70.